The Kier molecular flexibility index (Phi) is 7.44. The fourth-order valence-corrected chi connectivity index (χ4v) is 2.85. The molecule has 1 saturated carbocycles. The molecule has 3 nitrogen and oxygen atoms in total. The van der Waals surface area contributed by atoms with Gasteiger partial charge < -0.3 is 11.1 Å². The fraction of sp³-hybridized carbons (Fsp3) is 0.938. The van der Waals surface area contributed by atoms with E-state index in [4.69, 9.17) is 5.73 Å². The molecule has 0 heterocycles. The summed E-state index contributed by atoms with van der Waals surface area (Å²) in [6, 6.07) is 0.659. The number of nitrogens with two attached hydrogens (primary N) is 1. The summed E-state index contributed by atoms with van der Waals surface area (Å²) in [5.74, 6) is 1.19. The van der Waals surface area contributed by atoms with E-state index >= 15 is 0 Å². The lowest BCUT2D eigenvalue weighted by molar-refractivity contribution is -0.125. The van der Waals surface area contributed by atoms with Crippen LogP contribution in [0.1, 0.15) is 72.1 Å². The van der Waals surface area contributed by atoms with E-state index in [1.807, 2.05) is 13.8 Å². The molecule has 0 aliphatic heterocycles. The number of hydrogen-bond donors (Lipinski definition) is 2. The Hall–Kier alpha value is -0.570. The quantitative estimate of drug-likeness (QED) is 0.727. The van der Waals surface area contributed by atoms with Gasteiger partial charge in [-0.25, -0.2) is 0 Å². The molecule has 1 aliphatic rings. The highest BCUT2D eigenvalue weighted by Crippen LogP contribution is 2.23. The van der Waals surface area contributed by atoms with Crippen molar-refractivity contribution in [1.82, 2.24) is 5.32 Å². The Morgan fingerprint density at radius 2 is 1.95 bits per heavy atom. The maximum absolute atomic E-state index is 12.1. The first kappa shape index (κ1) is 16.5. The van der Waals surface area contributed by atoms with E-state index < -0.39 is 0 Å². The zero-order chi connectivity index (χ0) is 14.3. The summed E-state index contributed by atoms with van der Waals surface area (Å²) >= 11 is 0. The van der Waals surface area contributed by atoms with Crippen LogP contribution < -0.4 is 11.1 Å². The van der Waals surface area contributed by atoms with Crippen LogP contribution in [0.3, 0.4) is 0 Å². The molecule has 0 bridgehead atoms. The molecular weight excluding hydrogens is 236 g/mol. The van der Waals surface area contributed by atoms with Gasteiger partial charge in [0.05, 0.1) is 0 Å². The van der Waals surface area contributed by atoms with Crippen LogP contribution in [0, 0.1) is 11.8 Å². The normalized spacial score (nSPS) is 27.4. The molecule has 0 spiro atoms. The van der Waals surface area contributed by atoms with Crippen LogP contribution in [0.4, 0.5) is 0 Å². The largest absolute Gasteiger partial charge is 0.353 e. The Balaban J connectivity index is 2.24. The molecule has 1 rings (SSSR count). The Labute approximate surface area is 118 Å². The molecule has 3 N–H and O–H groups in total. The van der Waals surface area contributed by atoms with E-state index in [-0.39, 0.29) is 17.9 Å². The molecule has 1 aliphatic carbocycles. The monoisotopic (exact) mass is 268 g/mol. The lowest BCUT2D eigenvalue weighted by atomic mass is 10.00. The minimum absolute atomic E-state index is 0.124. The molecule has 19 heavy (non-hydrogen) atoms. The van der Waals surface area contributed by atoms with Crippen molar-refractivity contribution in [2.45, 2.75) is 84.2 Å². The first-order valence-corrected chi connectivity index (χ1v) is 8.05. The molecule has 0 aromatic heterocycles. The minimum atomic E-state index is 0.124. The van der Waals surface area contributed by atoms with E-state index in [1.54, 1.807) is 0 Å². The van der Waals surface area contributed by atoms with Crippen LogP contribution >= 0.6 is 0 Å². The maximum Gasteiger partial charge on any atom is 0.223 e. The van der Waals surface area contributed by atoms with E-state index in [1.165, 1.54) is 19.3 Å². The van der Waals surface area contributed by atoms with E-state index in [2.05, 4.69) is 12.2 Å². The molecule has 112 valence electrons. The smallest absolute Gasteiger partial charge is 0.223 e. The van der Waals surface area contributed by atoms with Gasteiger partial charge in [0.15, 0.2) is 0 Å². The van der Waals surface area contributed by atoms with Gasteiger partial charge in [-0.05, 0) is 44.9 Å². The molecule has 0 aromatic carbocycles. The second-order valence-corrected chi connectivity index (χ2v) is 6.63. The van der Waals surface area contributed by atoms with Crippen molar-refractivity contribution in [3.8, 4) is 0 Å². The Bertz CT molecular complexity index is 265. The average Bonchev–Trinajstić information content (AvgIpc) is 2.54. The zero-order valence-electron chi connectivity index (χ0n) is 13.0. The van der Waals surface area contributed by atoms with E-state index in [9.17, 15) is 4.79 Å². The van der Waals surface area contributed by atoms with Gasteiger partial charge in [0.25, 0.3) is 0 Å². The third-order valence-corrected chi connectivity index (χ3v) is 4.35. The van der Waals surface area contributed by atoms with Gasteiger partial charge in [-0.3, -0.25) is 4.79 Å². The molecule has 1 fully saturated rings. The minimum Gasteiger partial charge on any atom is -0.353 e. The molecular formula is C16H32N2O. The first-order chi connectivity index (χ1) is 8.99. The summed E-state index contributed by atoms with van der Waals surface area (Å²) in [4.78, 5) is 12.1. The van der Waals surface area contributed by atoms with Crippen molar-refractivity contribution < 1.29 is 4.79 Å². The lowest BCUT2D eigenvalue weighted by Crippen LogP contribution is -2.38. The Morgan fingerprint density at radius 3 is 2.63 bits per heavy atom. The predicted molar refractivity (Wildman–Crippen MR) is 80.8 cm³/mol. The topological polar surface area (TPSA) is 55.1 Å². The standard InChI is InChI=1S/C16H32N2O/c1-12-6-4-9-15(11-10-12)18-16(19)13(2)7-5-8-14(3)17/h12-15H,4-11,17H2,1-3H3,(H,18,19). The van der Waals surface area contributed by atoms with Crippen LogP contribution in [-0.4, -0.2) is 18.0 Å². The first-order valence-electron chi connectivity index (χ1n) is 8.05. The number of carbonyl (C=O) groups is 1. The number of nitrogens with one attached hydrogen (secondary N) is 1. The van der Waals surface area contributed by atoms with Gasteiger partial charge in [-0.15, -0.1) is 0 Å². The van der Waals surface area contributed by atoms with Crippen molar-refractivity contribution >= 4 is 5.91 Å². The Morgan fingerprint density at radius 1 is 1.21 bits per heavy atom. The number of hydrogen-bond acceptors (Lipinski definition) is 2. The highest BCUT2D eigenvalue weighted by molar-refractivity contribution is 5.78. The third kappa shape index (κ3) is 6.95. The molecule has 3 heteroatoms. The number of rotatable bonds is 6. The predicted octanol–water partition coefficient (Wildman–Crippen LogP) is 3.23. The van der Waals surface area contributed by atoms with Gasteiger partial charge in [-0.2, -0.15) is 0 Å². The number of amides is 1. The zero-order valence-corrected chi connectivity index (χ0v) is 13.0. The molecule has 4 unspecified atom stereocenters. The molecule has 0 radical (unpaired) electrons. The molecule has 0 saturated heterocycles. The van der Waals surface area contributed by atoms with Crippen molar-refractivity contribution in [1.29, 1.82) is 0 Å². The highest BCUT2D eigenvalue weighted by Gasteiger charge is 2.20. The maximum atomic E-state index is 12.1. The van der Waals surface area contributed by atoms with Crippen molar-refractivity contribution in [3.63, 3.8) is 0 Å². The molecule has 4 atom stereocenters. The van der Waals surface area contributed by atoms with Crippen molar-refractivity contribution in [2.24, 2.45) is 17.6 Å². The van der Waals surface area contributed by atoms with Gasteiger partial charge in [0.2, 0.25) is 5.91 Å². The van der Waals surface area contributed by atoms with Gasteiger partial charge in [0.1, 0.15) is 0 Å². The second-order valence-electron chi connectivity index (χ2n) is 6.63. The van der Waals surface area contributed by atoms with E-state index in [0.717, 1.165) is 38.0 Å². The summed E-state index contributed by atoms with van der Waals surface area (Å²) in [6.45, 7) is 6.38. The summed E-state index contributed by atoms with van der Waals surface area (Å²) < 4.78 is 0. The third-order valence-electron chi connectivity index (χ3n) is 4.35. The summed E-state index contributed by atoms with van der Waals surface area (Å²) in [5.41, 5.74) is 5.73. The fourth-order valence-electron chi connectivity index (χ4n) is 2.85. The van der Waals surface area contributed by atoms with Crippen molar-refractivity contribution in [3.05, 3.63) is 0 Å². The van der Waals surface area contributed by atoms with Crippen LogP contribution in [0.5, 0.6) is 0 Å². The summed E-state index contributed by atoms with van der Waals surface area (Å²) in [7, 11) is 0. The van der Waals surface area contributed by atoms with Crippen LogP contribution in [0.15, 0.2) is 0 Å². The lowest BCUT2D eigenvalue weighted by Gasteiger charge is -2.19. The average molecular weight is 268 g/mol. The summed E-state index contributed by atoms with van der Waals surface area (Å²) in [6.07, 6.45) is 9.15. The van der Waals surface area contributed by atoms with Crippen LogP contribution in [0.2, 0.25) is 0 Å². The van der Waals surface area contributed by atoms with Gasteiger partial charge in [-0.1, -0.05) is 33.1 Å². The second kappa shape index (κ2) is 8.57. The molecule has 1 amide bonds. The van der Waals surface area contributed by atoms with Crippen LogP contribution in [0.25, 0.3) is 0 Å². The van der Waals surface area contributed by atoms with Gasteiger partial charge in [0, 0.05) is 18.0 Å². The number of carbonyl (C=O) groups excluding carboxylic acids is 1. The SMILES string of the molecule is CC(N)CCCC(C)C(=O)NC1CCCC(C)CC1. The van der Waals surface area contributed by atoms with Gasteiger partial charge >= 0.3 is 0 Å². The highest BCUT2D eigenvalue weighted by atomic mass is 16.1. The summed E-state index contributed by atoms with van der Waals surface area (Å²) in [5, 5.41) is 3.25. The molecule has 0 aromatic rings. The van der Waals surface area contributed by atoms with Crippen LogP contribution in [-0.2, 0) is 4.79 Å². The van der Waals surface area contributed by atoms with E-state index in [0.29, 0.717) is 6.04 Å². The van der Waals surface area contributed by atoms with Crippen molar-refractivity contribution in [2.75, 3.05) is 0 Å².